The first-order chi connectivity index (χ1) is 15.6. The van der Waals surface area contributed by atoms with Gasteiger partial charge in [-0.1, -0.05) is 36.4 Å². The molecule has 32 heavy (non-hydrogen) atoms. The number of aryl methyl sites for hydroxylation is 1. The summed E-state index contributed by atoms with van der Waals surface area (Å²) in [6.07, 6.45) is -0.637. The van der Waals surface area contributed by atoms with Crippen molar-refractivity contribution in [2.45, 2.75) is 26.1 Å². The SMILES string of the molecule is COc1ccc(CN(Cc2ccc3c(c2)OCO3)C[C@@H](O)COc2ccccc2C)cc1. The van der Waals surface area contributed by atoms with Gasteiger partial charge in [-0.25, -0.2) is 0 Å². The summed E-state index contributed by atoms with van der Waals surface area (Å²) in [7, 11) is 1.66. The molecule has 1 aliphatic rings. The summed E-state index contributed by atoms with van der Waals surface area (Å²) >= 11 is 0. The fourth-order valence-corrected chi connectivity index (χ4v) is 3.73. The second-order valence-electron chi connectivity index (χ2n) is 7.94. The Balaban J connectivity index is 1.43. The maximum atomic E-state index is 10.7. The maximum absolute atomic E-state index is 10.7. The predicted octanol–water partition coefficient (Wildman–Crippen LogP) is 4.17. The average molecular weight is 436 g/mol. The van der Waals surface area contributed by atoms with Crippen molar-refractivity contribution in [2.24, 2.45) is 0 Å². The van der Waals surface area contributed by atoms with Crippen LogP contribution in [0.15, 0.2) is 66.7 Å². The van der Waals surface area contributed by atoms with E-state index < -0.39 is 6.10 Å². The van der Waals surface area contributed by atoms with Gasteiger partial charge in [0.2, 0.25) is 6.79 Å². The van der Waals surface area contributed by atoms with Gasteiger partial charge < -0.3 is 24.1 Å². The number of ether oxygens (including phenoxy) is 4. The predicted molar refractivity (Wildman–Crippen MR) is 122 cm³/mol. The molecule has 0 saturated heterocycles. The van der Waals surface area contributed by atoms with Crippen molar-refractivity contribution in [3.8, 4) is 23.0 Å². The van der Waals surface area contributed by atoms with Gasteiger partial charge in [-0.3, -0.25) is 4.90 Å². The Morgan fingerprint density at radius 3 is 2.44 bits per heavy atom. The van der Waals surface area contributed by atoms with Crippen molar-refractivity contribution in [3.63, 3.8) is 0 Å². The molecule has 1 N–H and O–H groups in total. The number of methoxy groups -OCH3 is 1. The number of para-hydroxylation sites is 1. The zero-order chi connectivity index (χ0) is 22.3. The van der Waals surface area contributed by atoms with Gasteiger partial charge in [-0.15, -0.1) is 0 Å². The molecule has 0 aromatic heterocycles. The molecule has 6 nitrogen and oxygen atoms in total. The second-order valence-corrected chi connectivity index (χ2v) is 7.94. The van der Waals surface area contributed by atoms with Crippen molar-refractivity contribution in [3.05, 3.63) is 83.4 Å². The molecule has 1 heterocycles. The van der Waals surface area contributed by atoms with Crippen LogP contribution in [0, 0.1) is 6.92 Å². The van der Waals surface area contributed by atoms with Gasteiger partial charge in [0.15, 0.2) is 11.5 Å². The van der Waals surface area contributed by atoms with E-state index in [4.69, 9.17) is 18.9 Å². The molecule has 3 aromatic carbocycles. The fraction of sp³-hybridized carbons (Fsp3) is 0.308. The van der Waals surface area contributed by atoms with Gasteiger partial charge in [-0.05, 0) is 53.9 Å². The van der Waals surface area contributed by atoms with Crippen LogP contribution in [0.2, 0.25) is 0 Å². The minimum atomic E-state index is -0.637. The maximum Gasteiger partial charge on any atom is 0.231 e. The summed E-state index contributed by atoms with van der Waals surface area (Å²) in [6, 6.07) is 21.8. The van der Waals surface area contributed by atoms with Crippen LogP contribution in [0.4, 0.5) is 0 Å². The number of benzene rings is 3. The van der Waals surface area contributed by atoms with E-state index in [0.29, 0.717) is 19.6 Å². The molecule has 0 spiro atoms. The second kappa shape index (κ2) is 10.4. The number of hydrogen-bond donors (Lipinski definition) is 1. The Hall–Kier alpha value is -3.22. The summed E-state index contributed by atoms with van der Waals surface area (Å²) < 4.78 is 22.1. The van der Waals surface area contributed by atoms with E-state index in [0.717, 1.165) is 39.7 Å². The van der Waals surface area contributed by atoms with Crippen molar-refractivity contribution < 1.29 is 24.1 Å². The summed E-state index contributed by atoms with van der Waals surface area (Å²) in [4.78, 5) is 2.20. The topological polar surface area (TPSA) is 60.4 Å². The van der Waals surface area contributed by atoms with Crippen LogP contribution >= 0.6 is 0 Å². The largest absolute Gasteiger partial charge is 0.497 e. The van der Waals surface area contributed by atoms with Gasteiger partial charge in [0, 0.05) is 19.6 Å². The van der Waals surface area contributed by atoms with Crippen molar-refractivity contribution in [1.82, 2.24) is 4.90 Å². The molecule has 0 aliphatic carbocycles. The van der Waals surface area contributed by atoms with Crippen LogP contribution < -0.4 is 18.9 Å². The molecule has 0 fully saturated rings. The summed E-state index contributed by atoms with van der Waals surface area (Å²) in [6.45, 7) is 4.28. The van der Waals surface area contributed by atoms with E-state index in [1.54, 1.807) is 7.11 Å². The van der Waals surface area contributed by atoms with Crippen LogP contribution in [-0.4, -0.2) is 43.2 Å². The van der Waals surface area contributed by atoms with E-state index in [9.17, 15) is 5.11 Å². The third kappa shape index (κ3) is 5.72. The Morgan fingerprint density at radius 2 is 1.66 bits per heavy atom. The van der Waals surface area contributed by atoms with E-state index in [1.807, 2.05) is 73.7 Å². The smallest absolute Gasteiger partial charge is 0.231 e. The summed E-state index contributed by atoms with van der Waals surface area (Å²) in [5.41, 5.74) is 3.28. The highest BCUT2D eigenvalue weighted by Gasteiger charge is 2.17. The van der Waals surface area contributed by atoms with Crippen LogP contribution in [0.25, 0.3) is 0 Å². The number of fused-ring (bicyclic) bond motifs is 1. The lowest BCUT2D eigenvalue weighted by molar-refractivity contribution is 0.0626. The van der Waals surface area contributed by atoms with Gasteiger partial charge >= 0.3 is 0 Å². The average Bonchev–Trinajstić information content (AvgIpc) is 3.27. The molecule has 168 valence electrons. The quantitative estimate of drug-likeness (QED) is 0.516. The molecular formula is C26H29NO5. The Labute approximate surface area is 188 Å². The van der Waals surface area contributed by atoms with E-state index in [2.05, 4.69) is 4.90 Å². The van der Waals surface area contributed by atoms with Crippen molar-refractivity contribution >= 4 is 0 Å². The molecule has 0 amide bonds. The molecule has 0 saturated carbocycles. The number of aliphatic hydroxyl groups is 1. The standard InChI is InChI=1S/C26H29NO5/c1-19-5-3-4-6-24(19)30-17-22(28)16-27(14-20-7-10-23(29-2)11-8-20)15-21-9-12-25-26(13-21)32-18-31-25/h3-13,22,28H,14-18H2,1-2H3/t22-/m1/s1. The fourth-order valence-electron chi connectivity index (χ4n) is 3.73. The summed E-state index contributed by atoms with van der Waals surface area (Å²) in [5, 5.41) is 10.7. The molecule has 0 unspecified atom stereocenters. The molecular weight excluding hydrogens is 406 g/mol. The van der Waals surface area contributed by atoms with Gasteiger partial charge in [0.05, 0.1) is 7.11 Å². The van der Waals surface area contributed by atoms with Crippen LogP contribution in [0.1, 0.15) is 16.7 Å². The van der Waals surface area contributed by atoms with Gasteiger partial charge in [0.25, 0.3) is 0 Å². The molecule has 0 radical (unpaired) electrons. The third-order valence-corrected chi connectivity index (χ3v) is 5.40. The lowest BCUT2D eigenvalue weighted by Crippen LogP contribution is -2.35. The van der Waals surface area contributed by atoms with Gasteiger partial charge in [-0.2, -0.15) is 0 Å². The minimum absolute atomic E-state index is 0.227. The first-order valence-corrected chi connectivity index (χ1v) is 10.7. The first-order valence-electron chi connectivity index (χ1n) is 10.7. The summed E-state index contributed by atoms with van der Waals surface area (Å²) in [5.74, 6) is 3.14. The third-order valence-electron chi connectivity index (χ3n) is 5.40. The van der Waals surface area contributed by atoms with Crippen LogP contribution in [0.5, 0.6) is 23.0 Å². The number of aliphatic hydroxyl groups excluding tert-OH is 1. The molecule has 6 heteroatoms. The van der Waals surface area contributed by atoms with Crippen molar-refractivity contribution in [1.29, 1.82) is 0 Å². The zero-order valence-electron chi connectivity index (χ0n) is 18.5. The van der Waals surface area contributed by atoms with E-state index >= 15 is 0 Å². The number of rotatable bonds is 10. The lowest BCUT2D eigenvalue weighted by atomic mass is 10.1. The zero-order valence-corrected chi connectivity index (χ0v) is 18.5. The molecule has 3 aromatic rings. The molecule has 0 bridgehead atoms. The monoisotopic (exact) mass is 435 g/mol. The Kier molecular flexibility index (Phi) is 7.14. The van der Waals surface area contributed by atoms with Crippen LogP contribution in [-0.2, 0) is 13.1 Å². The first kappa shape index (κ1) is 22.0. The Morgan fingerprint density at radius 1 is 0.938 bits per heavy atom. The number of hydrogen-bond acceptors (Lipinski definition) is 6. The highest BCUT2D eigenvalue weighted by atomic mass is 16.7. The minimum Gasteiger partial charge on any atom is -0.497 e. The molecule has 1 atom stereocenters. The highest BCUT2D eigenvalue weighted by molar-refractivity contribution is 5.44. The van der Waals surface area contributed by atoms with Gasteiger partial charge in [0.1, 0.15) is 24.2 Å². The molecule has 1 aliphatic heterocycles. The van der Waals surface area contributed by atoms with E-state index in [-0.39, 0.29) is 13.4 Å². The Bertz CT molecular complexity index is 1020. The molecule has 4 rings (SSSR count). The van der Waals surface area contributed by atoms with E-state index in [1.165, 1.54) is 0 Å². The lowest BCUT2D eigenvalue weighted by Gasteiger charge is -2.26. The number of nitrogens with zero attached hydrogens (tertiary/aromatic N) is 1. The van der Waals surface area contributed by atoms with Crippen molar-refractivity contribution in [2.75, 3.05) is 27.1 Å². The normalized spacial score (nSPS) is 13.2. The van der Waals surface area contributed by atoms with Crippen LogP contribution in [0.3, 0.4) is 0 Å². The highest BCUT2D eigenvalue weighted by Crippen LogP contribution is 2.33.